The number of thioether (sulfide) groups is 1. The molecule has 0 aromatic heterocycles. The van der Waals surface area contributed by atoms with Gasteiger partial charge >= 0.3 is 5.97 Å². The Morgan fingerprint density at radius 1 is 1.26 bits per heavy atom. The van der Waals surface area contributed by atoms with E-state index in [9.17, 15) is 14.7 Å². The lowest BCUT2D eigenvalue weighted by Gasteiger charge is -2.42. The molecule has 0 spiro atoms. The number of rotatable bonds is 1. The van der Waals surface area contributed by atoms with Crippen LogP contribution in [0.2, 0.25) is 0 Å². The first-order chi connectivity index (χ1) is 12.8. The summed E-state index contributed by atoms with van der Waals surface area (Å²) in [5, 5.41) is 13.7. The summed E-state index contributed by atoms with van der Waals surface area (Å²) in [6.07, 6.45) is 10.4. The Balaban J connectivity index is 1.80. The number of hydrogen-bond acceptors (Lipinski definition) is 6. The first kappa shape index (κ1) is 20.4. The lowest BCUT2D eigenvalue weighted by atomic mass is 9.92. The Morgan fingerprint density at radius 2 is 2.07 bits per heavy atom. The lowest BCUT2D eigenvalue weighted by molar-refractivity contribution is -0.273. The quantitative estimate of drug-likeness (QED) is 0.524. The van der Waals surface area contributed by atoms with Gasteiger partial charge in [0.2, 0.25) is 0 Å². The average Bonchev–Trinajstić information content (AvgIpc) is 3.03. The van der Waals surface area contributed by atoms with Gasteiger partial charge in [0, 0.05) is 25.0 Å². The SMILES string of the molecule is C[C@@H]1/C=C\CC[C@@H](C)CC(=O)O[C@@H]2C[C@@H](/C=C\1)O[C@@](O)([C@@H]1CSC(=O)N1)C2. The van der Waals surface area contributed by atoms with E-state index in [2.05, 4.69) is 31.3 Å². The highest BCUT2D eigenvalue weighted by molar-refractivity contribution is 8.14. The van der Waals surface area contributed by atoms with Crippen LogP contribution in [-0.4, -0.2) is 46.1 Å². The molecular formula is C20H29NO5S. The summed E-state index contributed by atoms with van der Waals surface area (Å²) < 4.78 is 11.7. The van der Waals surface area contributed by atoms with Crippen LogP contribution < -0.4 is 5.32 Å². The third-order valence-corrected chi connectivity index (χ3v) is 6.18. The van der Waals surface area contributed by atoms with E-state index in [4.69, 9.17) is 9.47 Å². The van der Waals surface area contributed by atoms with Gasteiger partial charge in [-0.05, 0) is 24.7 Å². The molecule has 0 aromatic rings. The molecule has 3 heterocycles. The van der Waals surface area contributed by atoms with Crippen LogP contribution in [0.25, 0.3) is 0 Å². The van der Waals surface area contributed by atoms with Crippen LogP contribution >= 0.6 is 11.8 Å². The zero-order valence-electron chi connectivity index (χ0n) is 15.9. The van der Waals surface area contributed by atoms with Crippen molar-refractivity contribution in [2.24, 2.45) is 11.8 Å². The lowest BCUT2D eigenvalue weighted by Crippen LogP contribution is -2.58. The number of allylic oxidation sites excluding steroid dienone is 3. The molecule has 0 aromatic carbocycles. The Morgan fingerprint density at radius 3 is 2.81 bits per heavy atom. The van der Waals surface area contributed by atoms with E-state index in [0.717, 1.165) is 24.6 Å². The minimum absolute atomic E-state index is 0.165. The van der Waals surface area contributed by atoms with Crippen LogP contribution in [0.4, 0.5) is 4.79 Å². The van der Waals surface area contributed by atoms with Gasteiger partial charge in [-0.1, -0.05) is 49.9 Å². The van der Waals surface area contributed by atoms with Gasteiger partial charge in [-0.3, -0.25) is 9.59 Å². The fourth-order valence-electron chi connectivity index (χ4n) is 3.76. The molecule has 6 nitrogen and oxygen atoms in total. The third-order valence-electron chi connectivity index (χ3n) is 5.30. The number of fused-ring (bicyclic) bond motifs is 2. The van der Waals surface area contributed by atoms with Gasteiger partial charge in [-0.25, -0.2) is 0 Å². The Bertz CT molecular complexity index is 621. The molecule has 3 aliphatic rings. The van der Waals surface area contributed by atoms with Gasteiger partial charge in [0.25, 0.3) is 5.24 Å². The Hall–Kier alpha value is -1.31. The van der Waals surface area contributed by atoms with E-state index in [0.29, 0.717) is 18.6 Å². The van der Waals surface area contributed by atoms with E-state index in [-0.39, 0.29) is 35.6 Å². The maximum Gasteiger partial charge on any atom is 0.306 e. The van der Waals surface area contributed by atoms with E-state index in [1.807, 2.05) is 12.2 Å². The second kappa shape index (κ2) is 8.80. The normalized spacial score (nSPS) is 43.3. The van der Waals surface area contributed by atoms with Crippen molar-refractivity contribution in [3.63, 3.8) is 0 Å². The number of hydrogen-bond donors (Lipinski definition) is 2. The molecule has 7 heteroatoms. The zero-order chi connectivity index (χ0) is 19.4. The predicted molar refractivity (Wildman–Crippen MR) is 104 cm³/mol. The van der Waals surface area contributed by atoms with Crippen molar-refractivity contribution < 1.29 is 24.2 Å². The topological polar surface area (TPSA) is 84.9 Å². The molecule has 27 heavy (non-hydrogen) atoms. The molecule has 1 amide bonds. The van der Waals surface area contributed by atoms with Crippen LogP contribution in [0.3, 0.4) is 0 Å². The summed E-state index contributed by atoms with van der Waals surface area (Å²) in [5.41, 5.74) is 0. The summed E-state index contributed by atoms with van der Waals surface area (Å²) in [6.45, 7) is 4.15. The van der Waals surface area contributed by atoms with Gasteiger partial charge in [0.05, 0.1) is 12.1 Å². The molecule has 3 aliphatic heterocycles. The molecular weight excluding hydrogens is 366 g/mol. The maximum atomic E-state index is 12.3. The van der Waals surface area contributed by atoms with Crippen LogP contribution in [-0.2, 0) is 14.3 Å². The van der Waals surface area contributed by atoms with Gasteiger partial charge in [0.15, 0.2) is 5.79 Å². The molecule has 0 aliphatic carbocycles. The van der Waals surface area contributed by atoms with Crippen molar-refractivity contribution in [3.05, 3.63) is 24.3 Å². The van der Waals surface area contributed by atoms with E-state index >= 15 is 0 Å². The first-order valence-corrected chi connectivity index (χ1v) is 10.7. The van der Waals surface area contributed by atoms with Crippen molar-refractivity contribution in [2.45, 2.75) is 70.0 Å². The number of esters is 1. The highest BCUT2D eigenvalue weighted by atomic mass is 32.2. The highest BCUT2D eigenvalue weighted by Crippen LogP contribution is 2.36. The molecule has 6 atom stereocenters. The second-order valence-corrected chi connectivity index (χ2v) is 8.90. The summed E-state index contributed by atoms with van der Waals surface area (Å²) in [6, 6.07) is -0.512. The van der Waals surface area contributed by atoms with Crippen LogP contribution in [0.1, 0.15) is 46.0 Å². The standard InChI is InChI=1S/C20H29NO5S/c1-13-5-3-4-6-14(2)9-18(22)25-16-10-15(8-7-13)26-20(24,11-16)17-12-27-19(23)21-17/h3,5,7-8,13-17,24H,4,6,9-12H2,1-2H3,(H,21,23)/b5-3-,8-7-/t13-,14-,15-,16-,17+,20-/m1/s1. The fourth-order valence-corrected chi connectivity index (χ4v) is 4.65. The first-order valence-electron chi connectivity index (χ1n) is 9.72. The van der Waals surface area contributed by atoms with E-state index in [1.54, 1.807) is 0 Å². The summed E-state index contributed by atoms with van der Waals surface area (Å²) in [5.74, 6) is -0.846. The molecule has 3 rings (SSSR count). The summed E-state index contributed by atoms with van der Waals surface area (Å²) >= 11 is 1.13. The molecule has 150 valence electrons. The number of nitrogens with one attached hydrogen (secondary N) is 1. The average molecular weight is 396 g/mol. The summed E-state index contributed by atoms with van der Waals surface area (Å²) in [4.78, 5) is 23.9. The van der Waals surface area contributed by atoms with Gasteiger partial charge in [-0.2, -0.15) is 0 Å². The van der Waals surface area contributed by atoms with Gasteiger partial charge in [0.1, 0.15) is 6.10 Å². The van der Waals surface area contributed by atoms with Crippen LogP contribution in [0.15, 0.2) is 24.3 Å². The van der Waals surface area contributed by atoms with Crippen LogP contribution in [0, 0.1) is 11.8 Å². The van der Waals surface area contributed by atoms with Crippen molar-refractivity contribution in [2.75, 3.05) is 5.75 Å². The molecule has 0 saturated carbocycles. The highest BCUT2D eigenvalue weighted by Gasteiger charge is 2.49. The smallest absolute Gasteiger partial charge is 0.306 e. The largest absolute Gasteiger partial charge is 0.462 e. The van der Waals surface area contributed by atoms with Crippen molar-refractivity contribution in [1.29, 1.82) is 0 Å². The van der Waals surface area contributed by atoms with Gasteiger partial charge < -0.3 is 19.9 Å². The maximum absolute atomic E-state index is 12.3. The molecule has 2 N–H and O–H groups in total. The van der Waals surface area contributed by atoms with Crippen molar-refractivity contribution in [3.8, 4) is 0 Å². The number of carbonyl (C=O) groups is 2. The Labute approximate surface area is 164 Å². The number of carbonyl (C=O) groups excluding carboxylic acids is 2. The number of amides is 1. The van der Waals surface area contributed by atoms with Crippen molar-refractivity contribution in [1.82, 2.24) is 5.32 Å². The third kappa shape index (κ3) is 5.59. The number of ether oxygens (including phenoxy) is 2. The second-order valence-electron chi connectivity index (χ2n) is 7.91. The molecule has 0 radical (unpaired) electrons. The minimum Gasteiger partial charge on any atom is -0.462 e. The summed E-state index contributed by atoms with van der Waals surface area (Å²) in [7, 11) is 0. The monoisotopic (exact) mass is 395 g/mol. The minimum atomic E-state index is -1.54. The van der Waals surface area contributed by atoms with Crippen molar-refractivity contribution >= 4 is 23.0 Å². The molecule has 2 saturated heterocycles. The predicted octanol–water partition coefficient (Wildman–Crippen LogP) is 3.16. The zero-order valence-corrected chi connectivity index (χ0v) is 16.7. The van der Waals surface area contributed by atoms with E-state index in [1.165, 1.54) is 0 Å². The van der Waals surface area contributed by atoms with E-state index < -0.39 is 17.9 Å². The Kier molecular flexibility index (Phi) is 6.65. The molecule has 0 unspecified atom stereocenters. The molecule has 2 fully saturated rings. The van der Waals surface area contributed by atoms with Crippen LogP contribution in [0.5, 0.6) is 0 Å². The number of aliphatic hydroxyl groups is 1. The fraction of sp³-hybridized carbons (Fsp3) is 0.700. The molecule has 2 bridgehead atoms. The van der Waals surface area contributed by atoms with Gasteiger partial charge in [-0.15, -0.1) is 0 Å².